The standard InChI is InChI=1S/C15H24N2O2/c1-12(2)16-15(14(18)19,10-11-17(3)4)13-8-6-5-7-9-13/h5-9,12,16H,10-11H2,1-4H3,(H,18,19). The van der Waals surface area contributed by atoms with Crippen LogP contribution in [0.4, 0.5) is 0 Å². The van der Waals surface area contributed by atoms with E-state index >= 15 is 0 Å². The Morgan fingerprint density at radius 3 is 2.32 bits per heavy atom. The van der Waals surface area contributed by atoms with E-state index < -0.39 is 11.5 Å². The van der Waals surface area contributed by atoms with Crippen molar-refractivity contribution in [2.24, 2.45) is 0 Å². The summed E-state index contributed by atoms with van der Waals surface area (Å²) in [5, 5.41) is 13.0. The van der Waals surface area contributed by atoms with Crippen LogP contribution in [-0.4, -0.2) is 42.7 Å². The minimum absolute atomic E-state index is 0.0958. The zero-order valence-electron chi connectivity index (χ0n) is 12.2. The maximum Gasteiger partial charge on any atom is 0.328 e. The van der Waals surface area contributed by atoms with Crippen molar-refractivity contribution in [3.05, 3.63) is 35.9 Å². The third-order valence-electron chi connectivity index (χ3n) is 3.10. The molecule has 0 amide bonds. The molecule has 106 valence electrons. The van der Waals surface area contributed by atoms with Crippen LogP contribution in [0.25, 0.3) is 0 Å². The number of nitrogens with zero attached hydrogens (tertiary/aromatic N) is 1. The molecule has 2 N–H and O–H groups in total. The van der Waals surface area contributed by atoms with Crippen LogP contribution in [0.1, 0.15) is 25.8 Å². The number of carboxylic acids is 1. The molecule has 0 bridgehead atoms. The number of hydrogen-bond donors (Lipinski definition) is 2. The molecule has 1 aromatic rings. The van der Waals surface area contributed by atoms with Gasteiger partial charge in [-0.3, -0.25) is 5.32 Å². The van der Waals surface area contributed by atoms with Crippen molar-refractivity contribution in [1.29, 1.82) is 0 Å². The van der Waals surface area contributed by atoms with Gasteiger partial charge in [-0.1, -0.05) is 30.3 Å². The largest absolute Gasteiger partial charge is 0.480 e. The number of hydrogen-bond acceptors (Lipinski definition) is 3. The normalized spacial score (nSPS) is 14.6. The Hall–Kier alpha value is -1.39. The zero-order valence-corrected chi connectivity index (χ0v) is 12.2. The monoisotopic (exact) mass is 264 g/mol. The molecule has 0 aliphatic heterocycles. The second-order valence-corrected chi connectivity index (χ2v) is 5.43. The highest BCUT2D eigenvalue weighted by molar-refractivity contribution is 5.80. The van der Waals surface area contributed by atoms with E-state index in [-0.39, 0.29) is 6.04 Å². The molecule has 0 heterocycles. The Bertz CT molecular complexity index is 404. The summed E-state index contributed by atoms with van der Waals surface area (Å²) in [6.45, 7) is 4.65. The minimum Gasteiger partial charge on any atom is -0.480 e. The highest BCUT2D eigenvalue weighted by atomic mass is 16.4. The molecule has 1 atom stereocenters. The summed E-state index contributed by atoms with van der Waals surface area (Å²) in [7, 11) is 3.90. The van der Waals surface area contributed by atoms with Crippen LogP contribution < -0.4 is 5.32 Å². The Kier molecular flexibility index (Phi) is 5.51. The van der Waals surface area contributed by atoms with Crippen LogP contribution in [0.15, 0.2) is 30.3 Å². The van der Waals surface area contributed by atoms with Crippen molar-refractivity contribution in [3.63, 3.8) is 0 Å². The van der Waals surface area contributed by atoms with Gasteiger partial charge in [0.05, 0.1) is 0 Å². The molecule has 4 heteroatoms. The average Bonchev–Trinajstić information content (AvgIpc) is 2.34. The molecule has 0 saturated carbocycles. The lowest BCUT2D eigenvalue weighted by Gasteiger charge is -2.34. The lowest BCUT2D eigenvalue weighted by molar-refractivity contribution is -0.146. The van der Waals surface area contributed by atoms with Gasteiger partial charge in [-0.25, -0.2) is 4.79 Å². The summed E-state index contributed by atoms with van der Waals surface area (Å²) < 4.78 is 0. The van der Waals surface area contributed by atoms with Gasteiger partial charge in [-0.05, 0) is 39.9 Å². The number of nitrogens with one attached hydrogen (secondary N) is 1. The van der Waals surface area contributed by atoms with Crippen molar-refractivity contribution in [1.82, 2.24) is 10.2 Å². The predicted octanol–water partition coefficient (Wildman–Crippen LogP) is 1.92. The van der Waals surface area contributed by atoms with E-state index in [0.717, 1.165) is 5.56 Å². The molecule has 4 nitrogen and oxygen atoms in total. The quantitative estimate of drug-likeness (QED) is 0.790. The number of carboxylic acid groups (broad SMARTS) is 1. The number of aliphatic carboxylic acids is 1. The van der Waals surface area contributed by atoms with Gasteiger partial charge >= 0.3 is 5.97 Å². The van der Waals surface area contributed by atoms with Crippen LogP contribution in [0, 0.1) is 0 Å². The molecule has 19 heavy (non-hydrogen) atoms. The van der Waals surface area contributed by atoms with E-state index in [9.17, 15) is 9.90 Å². The molecule has 1 aromatic carbocycles. The summed E-state index contributed by atoms with van der Waals surface area (Å²) in [5.41, 5.74) is -0.224. The third kappa shape index (κ3) is 4.04. The number of benzene rings is 1. The molecule has 1 unspecified atom stereocenters. The molecule has 0 radical (unpaired) electrons. The van der Waals surface area contributed by atoms with Crippen molar-refractivity contribution >= 4 is 5.97 Å². The lowest BCUT2D eigenvalue weighted by Crippen LogP contribution is -2.53. The van der Waals surface area contributed by atoms with E-state index in [1.807, 2.05) is 63.2 Å². The van der Waals surface area contributed by atoms with Crippen LogP contribution >= 0.6 is 0 Å². The Labute approximate surface area is 115 Å². The maximum absolute atomic E-state index is 11.9. The van der Waals surface area contributed by atoms with Crippen molar-refractivity contribution in [2.75, 3.05) is 20.6 Å². The molecular weight excluding hydrogens is 240 g/mol. The first-order valence-corrected chi connectivity index (χ1v) is 6.60. The van der Waals surface area contributed by atoms with Gasteiger partial charge in [-0.2, -0.15) is 0 Å². The van der Waals surface area contributed by atoms with Crippen molar-refractivity contribution in [3.8, 4) is 0 Å². The van der Waals surface area contributed by atoms with Crippen LogP contribution in [-0.2, 0) is 10.3 Å². The first-order valence-electron chi connectivity index (χ1n) is 6.60. The number of rotatable bonds is 7. The Balaban J connectivity index is 3.15. The molecule has 0 aromatic heterocycles. The average molecular weight is 264 g/mol. The third-order valence-corrected chi connectivity index (χ3v) is 3.10. The van der Waals surface area contributed by atoms with Crippen LogP contribution in [0.5, 0.6) is 0 Å². The van der Waals surface area contributed by atoms with Crippen LogP contribution in [0.3, 0.4) is 0 Å². The Morgan fingerprint density at radius 1 is 1.32 bits per heavy atom. The summed E-state index contributed by atoms with van der Waals surface area (Å²) in [5.74, 6) is -0.825. The van der Waals surface area contributed by atoms with Gasteiger partial charge in [-0.15, -0.1) is 0 Å². The van der Waals surface area contributed by atoms with E-state index in [4.69, 9.17) is 0 Å². The molecule has 0 saturated heterocycles. The van der Waals surface area contributed by atoms with Gasteiger partial charge in [0, 0.05) is 12.6 Å². The van der Waals surface area contributed by atoms with E-state index in [1.54, 1.807) is 0 Å². The fourth-order valence-corrected chi connectivity index (χ4v) is 2.20. The smallest absolute Gasteiger partial charge is 0.328 e. The second kappa shape index (κ2) is 6.68. The minimum atomic E-state index is -1.03. The lowest BCUT2D eigenvalue weighted by atomic mass is 9.85. The fraction of sp³-hybridized carbons (Fsp3) is 0.533. The highest BCUT2D eigenvalue weighted by Gasteiger charge is 2.40. The van der Waals surface area contributed by atoms with E-state index in [1.165, 1.54) is 0 Å². The van der Waals surface area contributed by atoms with Gasteiger partial charge in [0.15, 0.2) is 0 Å². The number of carbonyl (C=O) groups is 1. The van der Waals surface area contributed by atoms with Crippen LogP contribution in [0.2, 0.25) is 0 Å². The first kappa shape index (κ1) is 15.7. The molecule has 0 aliphatic carbocycles. The highest BCUT2D eigenvalue weighted by Crippen LogP contribution is 2.26. The predicted molar refractivity (Wildman–Crippen MR) is 77.2 cm³/mol. The molecule has 0 aliphatic rings. The zero-order chi connectivity index (χ0) is 14.5. The van der Waals surface area contributed by atoms with Gasteiger partial charge in [0.2, 0.25) is 0 Å². The van der Waals surface area contributed by atoms with Crippen molar-refractivity contribution in [2.45, 2.75) is 31.8 Å². The van der Waals surface area contributed by atoms with Gasteiger partial charge < -0.3 is 10.0 Å². The molecule has 1 rings (SSSR count). The molecular formula is C15H24N2O2. The molecule has 0 fully saturated rings. The topological polar surface area (TPSA) is 52.6 Å². The Morgan fingerprint density at radius 2 is 1.89 bits per heavy atom. The first-order chi connectivity index (χ1) is 8.88. The summed E-state index contributed by atoms with van der Waals surface area (Å²) in [6.07, 6.45) is 0.525. The fourth-order valence-electron chi connectivity index (χ4n) is 2.20. The maximum atomic E-state index is 11.9. The molecule has 0 spiro atoms. The summed E-state index contributed by atoms with van der Waals surface area (Å²) in [6, 6.07) is 9.50. The van der Waals surface area contributed by atoms with Gasteiger partial charge in [0.25, 0.3) is 0 Å². The SMILES string of the molecule is CC(C)NC(CCN(C)C)(C(=O)O)c1ccccc1. The summed E-state index contributed by atoms with van der Waals surface area (Å²) >= 11 is 0. The van der Waals surface area contributed by atoms with E-state index in [2.05, 4.69) is 5.32 Å². The summed E-state index contributed by atoms with van der Waals surface area (Å²) in [4.78, 5) is 13.9. The van der Waals surface area contributed by atoms with Crippen molar-refractivity contribution < 1.29 is 9.90 Å². The van der Waals surface area contributed by atoms with Gasteiger partial charge in [0.1, 0.15) is 5.54 Å². The second-order valence-electron chi connectivity index (χ2n) is 5.43. The van der Waals surface area contributed by atoms with E-state index in [0.29, 0.717) is 13.0 Å².